The van der Waals surface area contributed by atoms with Crippen molar-refractivity contribution in [3.05, 3.63) is 41.5 Å². The minimum Gasteiger partial charge on any atom is -0.478 e. The highest BCUT2D eigenvalue weighted by molar-refractivity contribution is 6.04. The third-order valence-corrected chi connectivity index (χ3v) is 3.31. The lowest BCUT2D eigenvalue weighted by atomic mass is 10.2. The van der Waals surface area contributed by atoms with E-state index in [9.17, 15) is 27.2 Å². The molecule has 1 amide bonds. The topological polar surface area (TPSA) is 102 Å². The van der Waals surface area contributed by atoms with Gasteiger partial charge in [0, 0.05) is 18.6 Å². The second-order valence-corrected chi connectivity index (χ2v) is 5.30. The second-order valence-electron chi connectivity index (χ2n) is 5.30. The first-order valence-electron chi connectivity index (χ1n) is 7.56. The van der Waals surface area contributed by atoms with Crippen LogP contribution in [0.5, 0.6) is 5.88 Å². The van der Waals surface area contributed by atoms with E-state index in [-0.39, 0.29) is 35.1 Å². The fourth-order valence-electron chi connectivity index (χ4n) is 1.95. The van der Waals surface area contributed by atoms with Gasteiger partial charge in [-0.2, -0.15) is 8.78 Å². The molecule has 0 atom stereocenters. The molecule has 0 aromatic carbocycles. The van der Waals surface area contributed by atoms with Gasteiger partial charge in [-0.15, -0.1) is 0 Å². The van der Waals surface area contributed by atoms with Crippen LogP contribution in [0, 0.1) is 0 Å². The zero-order chi connectivity index (χ0) is 20.2. The summed E-state index contributed by atoms with van der Waals surface area (Å²) in [6.45, 7) is 0.112. The normalized spacial score (nSPS) is 11.5. The molecule has 11 heteroatoms. The van der Waals surface area contributed by atoms with E-state index in [0.717, 1.165) is 18.3 Å². The van der Waals surface area contributed by atoms with Crippen LogP contribution in [-0.4, -0.2) is 40.9 Å². The molecule has 2 aromatic heterocycles. The van der Waals surface area contributed by atoms with Crippen LogP contribution in [0.3, 0.4) is 0 Å². The number of amides is 1. The van der Waals surface area contributed by atoms with Crippen LogP contribution >= 0.6 is 0 Å². The molecule has 0 fully saturated rings. The summed E-state index contributed by atoms with van der Waals surface area (Å²) in [5.41, 5.74) is -0.0104. The van der Waals surface area contributed by atoms with Gasteiger partial charge in [0.2, 0.25) is 5.88 Å². The lowest BCUT2D eigenvalue weighted by molar-refractivity contribution is -0.148. The smallest absolute Gasteiger partial charge is 0.340 e. The predicted octanol–water partition coefficient (Wildman–Crippen LogP) is 3.47. The molecule has 146 valence electrons. The van der Waals surface area contributed by atoms with E-state index in [1.807, 2.05) is 0 Å². The number of nitrogens with one attached hydrogen (secondary N) is 1. The lowest BCUT2D eigenvalue weighted by Gasteiger charge is -2.15. The van der Waals surface area contributed by atoms with Gasteiger partial charge in [-0.3, -0.25) is 4.79 Å². The van der Waals surface area contributed by atoms with E-state index in [0.29, 0.717) is 0 Å². The number of hydrogen-bond donors (Lipinski definition) is 2. The lowest BCUT2D eigenvalue weighted by Crippen LogP contribution is -2.33. The van der Waals surface area contributed by atoms with E-state index >= 15 is 0 Å². The van der Waals surface area contributed by atoms with Gasteiger partial charge in [0.05, 0.1) is 11.9 Å². The Morgan fingerprint density at radius 2 is 2.07 bits per heavy atom. The van der Waals surface area contributed by atoms with Crippen molar-refractivity contribution < 1.29 is 41.4 Å². The third kappa shape index (κ3) is 4.96. The van der Waals surface area contributed by atoms with Crippen molar-refractivity contribution in [1.29, 1.82) is 0 Å². The third-order valence-electron chi connectivity index (χ3n) is 3.31. The summed E-state index contributed by atoms with van der Waals surface area (Å²) in [7, 11) is 0. The van der Waals surface area contributed by atoms with Gasteiger partial charge < -0.3 is 19.6 Å². The summed E-state index contributed by atoms with van der Waals surface area (Å²) < 4.78 is 59.3. The Kier molecular flexibility index (Phi) is 6.03. The van der Waals surface area contributed by atoms with E-state index in [1.54, 1.807) is 6.92 Å². The van der Waals surface area contributed by atoms with Crippen LogP contribution in [0.2, 0.25) is 0 Å². The zero-order valence-electron chi connectivity index (χ0n) is 13.8. The summed E-state index contributed by atoms with van der Waals surface area (Å²) in [5, 5.41) is 11.4. The van der Waals surface area contributed by atoms with Crippen LogP contribution in [0.4, 0.5) is 23.2 Å². The molecule has 2 N–H and O–H groups in total. The Morgan fingerprint density at radius 3 is 2.56 bits per heavy atom. The Labute approximate surface area is 149 Å². The molecule has 27 heavy (non-hydrogen) atoms. The number of carbonyl (C=O) groups is 2. The number of anilines is 1. The molecule has 0 bridgehead atoms. The highest BCUT2D eigenvalue weighted by atomic mass is 19.3. The molecular weight excluding hydrogens is 376 g/mol. The van der Waals surface area contributed by atoms with Crippen molar-refractivity contribution >= 4 is 17.6 Å². The van der Waals surface area contributed by atoms with E-state index in [1.165, 1.54) is 6.07 Å². The Morgan fingerprint density at radius 1 is 1.37 bits per heavy atom. The number of alkyl halides is 4. The average Bonchev–Trinajstić information content (AvgIpc) is 3.06. The largest absolute Gasteiger partial charge is 0.478 e. The number of pyridine rings is 1. The first kappa shape index (κ1) is 20.2. The molecule has 0 aliphatic heterocycles. The average molecular weight is 390 g/mol. The number of carbonyl (C=O) groups excluding carboxylic acids is 1. The summed E-state index contributed by atoms with van der Waals surface area (Å²) in [4.78, 5) is 26.8. The van der Waals surface area contributed by atoms with Gasteiger partial charge in [-0.05, 0) is 6.07 Å². The Balaban J connectivity index is 2.02. The van der Waals surface area contributed by atoms with Gasteiger partial charge in [-0.25, -0.2) is 18.6 Å². The van der Waals surface area contributed by atoms with Crippen molar-refractivity contribution in [2.24, 2.45) is 0 Å². The number of aromatic nitrogens is 1. The molecule has 0 saturated heterocycles. The van der Waals surface area contributed by atoms with Gasteiger partial charge in [0.1, 0.15) is 11.3 Å². The monoisotopic (exact) mass is 390 g/mol. The molecule has 2 rings (SSSR count). The summed E-state index contributed by atoms with van der Waals surface area (Å²) >= 11 is 0. The number of aromatic carboxylic acids is 1. The number of hydrogen-bond acceptors (Lipinski definition) is 5. The van der Waals surface area contributed by atoms with Gasteiger partial charge in [0.25, 0.3) is 5.91 Å². The second kappa shape index (κ2) is 8.06. The molecule has 0 spiro atoms. The molecule has 0 radical (unpaired) electrons. The SMILES string of the molecule is CCc1oc(C(=O)Nc2ccc(OCC(F)(F)C(F)F)nc2)cc1C(=O)O. The molecule has 7 nitrogen and oxygen atoms in total. The van der Waals surface area contributed by atoms with Gasteiger partial charge >= 0.3 is 18.3 Å². The van der Waals surface area contributed by atoms with Crippen LogP contribution in [0.1, 0.15) is 33.6 Å². The van der Waals surface area contributed by atoms with Crippen molar-refractivity contribution in [2.45, 2.75) is 25.7 Å². The number of rotatable bonds is 8. The highest BCUT2D eigenvalue weighted by Crippen LogP contribution is 2.24. The maximum absolute atomic E-state index is 12.8. The standard InChI is InChI=1S/C16H14F4N2O5/c1-2-10-9(14(24)25)5-11(27-10)13(23)22-8-3-4-12(21-6-8)26-7-16(19,20)15(17)18/h3-6,15H,2,7H2,1H3,(H,22,23)(H,24,25). The Hall–Kier alpha value is -3.11. The van der Waals surface area contributed by atoms with E-state index < -0.39 is 30.8 Å². The molecular formula is C16H14F4N2O5. The minimum atomic E-state index is -4.31. The van der Waals surface area contributed by atoms with Crippen molar-refractivity contribution in [3.63, 3.8) is 0 Å². The first-order chi connectivity index (χ1) is 12.6. The number of carboxylic acid groups (broad SMARTS) is 1. The summed E-state index contributed by atoms with van der Waals surface area (Å²) in [6.07, 6.45) is -2.55. The van der Waals surface area contributed by atoms with Crippen LogP contribution in [-0.2, 0) is 6.42 Å². The van der Waals surface area contributed by atoms with E-state index in [4.69, 9.17) is 9.52 Å². The fraction of sp³-hybridized carbons (Fsp3) is 0.312. The zero-order valence-corrected chi connectivity index (χ0v) is 13.8. The number of halogens is 4. The quantitative estimate of drug-likeness (QED) is 0.670. The van der Waals surface area contributed by atoms with Crippen LogP contribution < -0.4 is 10.1 Å². The molecule has 2 aromatic rings. The molecule has 0 aliphatic carbocycles. The predicted molar refractivity (Wildman–Crippen MR) is 83.7 cm³/mol. The van der Waals surface area contributed by atoms with E-state index in [2.05, 4.69) is 15.0 Å². The molecule has 0 aliphatic rings. The minimum absolute atomic E-state index is 0.124. The number of nitrogens with zero attached hydrogens (tertiary/aromatic N) is 1. The molecule has 0 unspecified atom stereocenters. The number of carboxylic acids is 1. The molecule has 0 saturated carbocycles. The Bertz CT molecular complexity index is 821. The van der Waals surface area contributed by atoms with Crippen LogP contribution in [0.25, 0.3) is 0 Å². The van der Waals surface area contributed by atoms with Crippen LogP contribution in [0.15, 0.2) is 28.8 Å². The van der Waals surface area contributed by atoms with Crippen molar-refractivity contribution in [1.82, 2.24) is 4.98 Å². The maximum atomic E-state index is 12.8. The van der Waals surface area contributed by atoms with Crippen molar-refractivity contribution in [3.8, 4) is 5.88 Å². The number of aryl methyl sites for hydroxylation is 1. The summed E-state index contributed by atoms with van der Waals surface area (Å²) in [6, 6.07) is 3.41. The number of ether oxygens (including phenoxy) is 1. The first-order valence-corrected chi connectivity index (χ1v) is 7.56. The molecule has 2 heterocycles. The highest BCUT2D eigenvalue weighted by Gasteiger charge is 2.41. The number of furan rings is 1. The van der Waals surface area contributed by atoms with Gasteiger partial charge in [0.15, 0.2) is 12.4 Å². The fourth-order valence-corrected chi connectivity index (χ4v) is 1.95. The van der Waals surface area contributed by atoms with Gasteiger partial charge in [-0.1, -0.05) is 6.92 Å². The summed E-state index contributed by atoms with van der Waals surface area (Å²) in [5.74, 6) is -6.74. The van der Waals surface area contributed by atoms with Crippen molar-refractivity contribution in [2.75, 3.05) is 11.9 Å². The maximum Gasteiger partial charge on any atom is 0.340 e.